The average Bonchev–Trinajstić information content (AvgIpc) is 3.48. The van der Waals surface area contributed by atoms with E-state index in [1.54, 1.807) is 0 Å². The third-order valence-electron chi connectivity index (χ3n) is 9.74. The highest BCUT2D eigenvalue weighted by Gasteiger charge is 2.57. The van der Waals surface area contributed by atoms with Gasteiger partial charge in [0.15, 0.2) is 24.6 Å². The molecule has 2 fully saturated rings. The average molecular weight is 833 g/mol. The number of nitrogens with zero attached hydrogens (tertiary/aromatic N) is 6. The Kier molecular flexibility index (Phi) is 15.0. The molecule has 2 aliphatic heterocycles. The second-order valence-electron chi connectivity index (χ2n) is 14.9. The lowest BCUT2D eigenvalue weighted by Gasteiger charge is -2.45. The molecule has 2 heterocycles. The van der Waals surface area contributed by atoms with Gasteiger partial charge in [0, 0.05) is 35.5 Å². The standard InChI is InChI=1S/C40H48N6O10SSi/c1-24-18-20-28(21-19-24)57-39-37(53-27(4)49)35(56-38-33(44-46-42)36(52-26(3)48)34(51-25(2)47)31(54-38)22-43-45-41)32(55-39)23-50-58(40(5,6)7,29-14-10-8-11-15-29)30-16-12-9-13-17-30/h8-21,31-39H,22-23H2,1-7H3/t31-,32+,33+,34+,35+,36+,37+,38-,39-/m0/s1. The van der Waals surface area contributed by atoms with Gasteiger partial charge in [-0.2, -0.15) is 0 Å². The van der Waals surface area contributed by atoms with Crippen molar-refractivity contribution >= 4 is 48.4 Å². The molecule has 0 bridgehead atoms. The number of carbonyl (C=O) groups excluding carboxylic acids is 3. The number of hydrogen-bond acceptors (Lipinski definition) is 13. The Balaban J connectivity index is 1.62. The van der Waals surface area contributed by atoms with E-state index in [9.17, 15) is 25.4 Å². The van der Waals surface area contributed by atoms with Crippen molar-refractivity contribution in [3.05, 3.63) is 111 Å². The number of ether oxygens (including phenoxy) is 6. The van der Waals surface area contributed by atoms with Gasteiger partial charge in [-0.15, -0.1) is 0 Å². The van der Waals surface area contributed by atoms with Crippen LogP contribution in [0.5, 0.6) is 0 Å². The number of benzene rings is 3. The highest BCUT2D eigenvalue weighted by molar-refractivity contribution is 7.99. The van der Waals surface area contributed by atoms with Gasteiger partial charge < -0.3 is 32.8 Å². The molecule has 0 aliphatic carbocycles. The molecule has 18 heteroatoms. The van der Waals surface area contributed by atoms with E-state index in [1.807, 2.05) is 67.6 Å². The van der Waals surface area contributed by atoms with E-state index in [2.05, 4.69) is 65.1 Å². The monoisotopic (exact) mass is 832 g/mol. The zero-order valence-electron chi connectivity index (χ0n) is 33.4. The van der Waals surface area contributed by atoms with Gasteiger partial charge in [0.2, 0.25) is 0 Å². The van der Waals surface area contributed by atoms with Crippen molar-refractivity contribution in [1.29, 1.82) is 0 Å². The van der Waals surface area contributed by atoms with E-state index in [4.69, 9.17) is 32.8 Å². The van der Waals surface area contributed by atoms with Crippen LogP contribution in [0.4, 0.5) is 0 Å². The van der Waals surface area contributed by atoms with E-state index in [0.29, 0.717) is 0 Å². The highest BCUT2D eigenvalue weighted by Crippen LogP contribution is 2.42. The van der Waals surface area contributed by atoms with Crippen LogP contribution in [-0.4, -0.2) is 93.8 Å². The number of aryl methyl sites for hydroxylation is 1. The maximum absolute atomic E-state index is 12.8. The van der Waals surface area contributed by atoms with E-state index < -0.39 is 85.7 Å². The van der Waals surface area contributed by atoms with Crippen LogP contribution in [0.1, 0.15) is 47.1 Å². The number of hydrogen-bond donors (Lipinski definition) is 0. The van der Waals surface area contributed by atoms with Gasteiger partial charge in [0.05, 0.1) is 13.2 Å². The zero-order valence-corrected chi connectivity index (χ0v) is 35.2. The molecule has 0 aromatic heterocycles. The van der Waals surface area contributed by atoms with Gasteiger partial charge >= 0.3 is 17.9 Å². The second-order valence-corrected chi connectivity index (χ2v) is 20.4. The van der Waals surface area contributed by atoms with Crippen LogP contribution in [0.25, 0.3) is 20.9 Å². The van der Waals surface area contributed by atoms with Crippen LogP contribution < -0.4 is 10.4 Å². The SMILES string of the molecule is CC(=O)O[C@@H]1[C@@H](N=[N+]=[N-])[C@H](O[C@H]2[C@@H](OC(C)=O)[C@H](Sc3ccc(C)cc3)O[C@@H]2CO[Si](c2ccccc2)(c2ccccc2)C(C)(C)C)O[C@@H](CN=[N+]=[N-])[C@H]1OC(C)=O. The molecule has 0 N–H and O–H groups in total. The molecule has 0 saturated carbocycles. The predicted molar refractivity (Wildman–Crippen MR) is 216 cm³/mol. The third-order valence-corrected chi connectivity index (χ3v) is 15.9. The van der Waals surface area contributed by atoms with Gasteiger partial charge in [-0.3, -0.25) is 14.4 Å². The summed E-state index contributed by atoms with van der Waals surface area (Å²) in [5.74, 6) is -2.15. The maximum atomic E-state index is 12.8. The summed E-state index contributed by atoms with van der Waals surface area (Å²) in [6.07, 6.45) is -8.71. The normalized spacial score (nSPS) is 25.7. The molecule has 2 aliphatic rings. The van der Waals surface area contributed by atoms with E-state index >= 15 is 0 Å². The second kappa shape index (κ2) is 19.7. The first kappa shape index (κ1) is 44.2. The number of rotatable bonds is 15. The fourth-order valence-corrected chi connectivity index (χ4v) is 13.1. The lowest BCUT2D eigenvalue weighted by atomic mass is 9.96. The van der Waals surface area contributed by atoms with Crippen LogP contribution in [0, 0.1) is 6.92 Å². The molecule has 58 heavy (non-hydrogen) atoms. The van der Waals surface area contributed by atoms with Crippen LogP contribution in [-0.2, 0) is 47.2 Å². The first-order chi connectivity index (χ1) is 27.7. The van der Waals surface area contributed by atoms with Crippen molar-refractivity contribution < 1.29 is 47.2 Å². The Hall–Kier alpha value is -4.90. The summed E-state index contributed by atoms with van der Waals surface area (Å²) in [6, 6.07) is 26.4. The fourth-order valence-electron chi connectivity index (χ4n) is 7.39. The van der Waals surface area contributed by atoms with Gasteiger partial charge in [-0.25, -0.2) is 0 Å². The van der Waals surface area contributed by atoms with Gasteiger partial charge in [-0.05, 0) is 45.5 Å². The first-order valence-corrected chi connectivity index (χ1v) is 21.5. The molecule has 9 atom stereocenters. The van der Waals surface area contributed by atoms with Crippen molar-refractivity contribution in [2.45, 2.75) is 113 Å². The highest BCUT2D eigenvalue weighted by atomic mass is 32.2. The quantitative estimate of drug-likeness (QED) is 0.0415. The van der Waals surface area contributed by atoms with Crippen LogP contribution in [0.2, 0.25) is 5.04 Å². The van der Waals surface area contributed by atoms with Gasteiger partial charge in [-0.1, -0.05) is 121 Å². The zero-order chi connectivity index (χ0) is 42.0. The summed E-state index contributed by atoms with van der Waals surface area (Å²) in [5, 5.41) is 9.15. The largest absolute Gasteiger partial charge is 0.458 e. The summed E-state index contributed by atoms with van der Waals surface area (Å²) >= 11 is 1.32. The van der Waals surface area contributed by atoms with Gasteiger partial charge in [0.25, 0.3) is 8.32 Å². The van der Waals surface area contributed by atoms with Crippen molar-refractivity contribution in [3.63, 3.8) is 0 Å². The third kappa shape index (κ3) is 10.4. The summed E-state index contributed by atoms with van der Waals surface area (Å²) in [6.45, 7) is 11.5. The Morgan fingerprint density at radius 1 is 0.741 bits per heavy atom. The summed E-state index contributed by atoms with van der Waals surface area (Å²) in [4.78, 5) is 44.2. The molecule has 0 radical (unpaired) electrons. The number of carbonyl (C=O) groups is 3. The van der Waals surface area contributed by atoms with Crippen molar-refractivity contribution in [3.8, 4) is 0 Å². The molecule has 5 rings (SSSR count). The minimum absolute atomic E-state index is 0.0504. The lowest BCUT2D eigenvalue weighted by molar-refractivity contribution is -0.284. The molecule has 3 aromatic carbocycles. The number of thioether (sulfide) groups is 1. The molecule has 0 amide bonds. The minimum Gasteiger partial charge on any atom is -0.458 e. The van der Waals surface area contributed by atoms with Crippen molar-refractivity contribution in [1.82, 2.24) is 0 Å². The predicted octanol–water partition coefficient (Wildman–Crippen LogP) is 6.28. The molecule has 16 nitrogen and oxygen atoms in total. The Morgan fingerprint density at radius 3 is 1.81 bits per heavy atom. The minimum atomic E-state index is -3.16. The van der Waals surface area contributed by atoms with Crippen LogP contribution in [0.3, 0.4) is 0 Å². The number of esters is 3. The number of azide groups is 2. The molecule has 3 aromatic rings. The Bertz CT molecular complexity index is 1940. The summed E-state index contributed by atoms with van der Waals surface area (Å²) in [7, 11) is -3.16. The fraction of sp³-hybridized carbons (Fsp3) is 0.475. The van der Waals surface area contributed by atoms with E-state index in [1.165, 1.54) is 18.7 Å². The van der Waals surface area contributed by atoms with Crippen molar-refractivity contribution in [2.75, 3.05) is 13.2 Å². The topological polar surface area (TPSA) is 213 Å². The molecular formula is C40H48N6O10SSi. The molecular weight excluding hydrogens is 785 g/mol. The summed E-state index contributed by atoms with van der Waals surface area (Å²) in [5.41, 5.74) is 19.2. The lowest BCUT2D eigenvalue weighted by Crippen LogP contribution is -2.67. The van der Waals surface area contributed by atoms with Crippen molar-refractivity contribution in [2.24, 2.45) is 10.2 Å². The molecule has 0 unspecified atom stereocenters. The van der Waals surface area contributed by atoms with Crippen LogP contribution >= 0.6 is 11.8 Å². The first-order valence-electron chi connectivity index (χ1n) is 18.7. The Labute approximate surface area is 342 Å². The van der Waals surface area contributed by atoms with E-state index in [-0.39, 0.29) is 13.2 Å². The van der Waals surface area contributed by atoms with E-state index in [0.717, 1.165) is 34.7 Å². The molecule has 308 valence electrons. The maximum Gasteiger partial charge on any atom is 0.303 e. The van der Waals surface area contributed by atoms with Gasteiger partial charge in [0.1, 0.15) is 29.8 Å². The Morgan fingerprint density at radius 2 is 1.29 bits per heavy atom. The van der Waals surface area contributed by atoms with Crippen LogP contribution in [0.15, 0.2) is 100 Å². The molecule has 0 spiro atoms. The summed E-state index contributed by atoms with van der Waals surface area (Å²) < 4.78 is 44.2. The smallest absolute Gasteiger partial charge is 0.303 e. The molecule has 2 saturated heterocycles.